The lowest BCUT2D eigenvalue weighted by molar-refractivity contribution is -0.280. The molecule has 1 unspecified atom stereocenters. The van der Waals surface area contributed by atoms with Crippen LogP contribution in [0.25, 0.3) is 10.8 Å². The summed E-state index contributed by atoms with van der Waals surface area (Å²) in [7, 11) is 0. The van der Waals surface area contributed by atoms with Crippen molar-refractivity contribution >= 4 is 10.8 Å². The fraction of sp³-hybridized carbons (Fsp3) is 0.167. The lowest BCUT2D eigenvalue weighted by atomic mass is 10.1. The molecule has 0 saturated heterocycles. The number of rotatable bonds is 1. The fourth-order valence-corrected chi connectivity index (χ4v) is 2.29. The van der Waals surface area contributed by atoms with Crippen LogP contribution in [-0.2, 0) is 11.3 Å². The lowest BCUT2D eigenvalue weighted by Gasteiger charge is -2.05. The van der Waals surface area contributed by atoms with Crippen LogP contribution in [0, 0.1) is 0 Å². The third-order valence-corrected chi connectivity index (χ3v) is 2.90. The minimum atomic E-state index is -0.184. The van der Waals surface area contributed by atoms with Gasteiger partial charge in [0.05, 0.1) is 0 Å². The van der Waals surface area contributed by atoms with E-state index in [2.05, 4.69) is 23.1 Å². The Hall–Kier alpha value is -1.38. The van der Waals surface area contributed by atoms with Gasteiger partial charge in [0.25, 0.3) is 0 Å². The summed E-state index contributed by atoms with van der Waals surface area (Å²) in [6, 6.07) is 12.3. The number of benzene rings is 2. The van der Waals surface area contributed by atoms with Gasteiger partial charge in [-0.15, -0.1) is 0 Å². The van der Waals surface area contributed by atoms with E-state index in [0.717, 1.165) is 12.0 Å². The van der Waals surface area contributed by atoms with E-state index in [1.165, 1.54) is 16.3 Å². The maximum atomic E-state index is 8.79. The summed E-state index contributed by atoms with van der Waals surface area (Å²) < 4.78 is 0. The fourth-order valence-electron chi connectivity index (χ4n) is 2.29. The Kier molecular flexibility index (Phi) is 1.60. The maximum absolute atomic E-state index is 8.79. The zero-order valence-corrected chi connectivity index (χ0v) is 7.60. The standard InChI is InChI=1S/C12H10O2/c13-14-11-7-9-5-1-3-8-4-2-6-10(11)12(8)9/h1-6,11,13H,7H2. The van der Waals surface area contributed by atoms with Crippen molar-refractivity contribution in [1.82, 2.24) is 0 Å². The van der Waals surface area contributed by atoms with Gasteiger partial charge in [-0.25, -0.2) is 4.89 Å². The molecule has 1 aliphatic rings. The van der Waals surface area contributed by atoms with Gasteiger partial charge in [-0.2, -0.15) is 0 Å². The van der Waals surface area contributed by atoms with Gasteiger partial charge in [0.15, 0.2) is 0 Å². The zero-order valence-electron chi connectivity index (χ0n) is 7.60. The Bertz CT molecular complexity index is 485. The normalized spacial score (nSPS) is 19.1. The highest BCUT2D eigenvalue weighted by Gasteiger charge is 2.24. The summed E-state index contributed by atoms with van der Waals surface area (Å²) in [4.78, 5) is 4.48. The van der Waals surface area contributed by atoms with Crippen molar-refractivity contribution in [2.45, 2.75) is 12.5 Å². The third kappa shape index (κ3) is 0.924. The molecule has 14 heavy (non-hydrogen) atoms. The molecule has 0 radical (unpaired) electrons. The van der Waals surface area contributed by atoms with Gasteiger partial charge >= 0.3 is 0 Å². The highest BCUT2D eigenvalue weighted by Crippen LogP contribution is 2.38. The molecule has 2 aromatic carbocycles. The molecule has 0 fully saturated rings. The van der Waals surface area contributed by atoms with Crippen LogP contribution in [0.2, 0.25) is 0 Å². The maximum Gasteiger partial charge on any atom is 0.122 e. The molecule has 0 bridgehead atoms. The second-order valence-corrected chi connectivity index (χ2v) is 3.66. The average molecular weight is 186 g/mol. The Balaban J connectivity index is 2.38. The van der Waals surface area contributed by atoms with E-state index in [4.69, 9.17) is 5.26 Å². The summed E-state index contributed by atoms with van der Waals surface area (Å²) in [5.74, 6) is 0. The van der Waals surface area contributed by atoms with Crippen molar-refractivity contribution in [3.8, 4) is 0 Å². The highest BCUT2D eigenvalue weighted by atomic mass is 17.1. The van der Waals surface area contributed by atoms with Gasteiger partial charge in [0.1, 0.15) is 6.10 Å². The predicted octanol–water partition coefficient (Wildman–Crippen LogP) is 2.93. The Morgan fingerprint density at radius 1 is 1.14 bits per heavy atom. The predicted molar refractivity (Wildman–Crippen MR) is 54.1 cm³/mol. The Morgan fingerprint density at radius 2 is 1.93 bits per heavy atom. The largest absolute Gasteiger partial charge is 0.251 e. The van der Waals surface area contributed by atoms with Gasteiger partial charge in [-0.3, -0.25) is 5.26 Å². The summed E-state index contributed by atoms with van der Waals surface area (Å²) in [6.07, 6.45) is 0.587. The SMILES string of the molecule is OOC1Cc2cccc3cccc1c23. The molecule has 0 saturated carbocycles. The summed E-state index contributed by atoms with van der Waals surface area (Å²) >= 11 is 0. The van der Waals surface area contributed by atoms with Gasteiger partial charge in [-0.1, -0.05) is 36.4 Å². The van der Waals surface area contributed by atoms with Crippen molar-refractivity contribution in [1.29, 1.82) is 0 Å². The molecule has 0 heterocycles. The molecule has 0 aromatic heterocycles. The average Bonchev–Trinajstić information content (AvgIpc) is 2.60. The molecule has 3 rings (SSSR count). The van der Waals surface area contributed by atoms with E-state index in [-0.39, 0.29) is 6.10 Å². The van der Waals surface area contributed by atoms with Crippen LogP contribution in [0.15, 0.2) is 36.4 Å². The second kappa shape index (κ2) is 2.80. The van der Waals surface area contributed by atoms with Gasteiger partial charge in [0, 0.05) is 6.42 Å². The van der Waals surface area contributed by atoms with Crippen molar-refractivity contribution in [3.05, 3.63) is 47.5 Å². The summed E-state index contributed by atoms with van der Waals surface area (Å²) in [5, 5.41) is 11.3. The van der Waals surface area contributed by atoms with Crippen LogP contribution in [-0.4, -0.2) is 5.26 Å². The van der Waals surface area contributed by atoms with Crippen LogP contribution in [0.4, 0.5) is 0 Å². The molecule has 70 valence electrons. The van der Waals surface area contributed by atoms with Crippen molar-refractivity contribution < 1.29 is 10.1 Å². The molecule has 1 N–H and O–H groups in total. The minimum Gasteiger partial charge on any atom is -0.251 e. The molecular formula is C12H10O2. The molecule has 2 aromatic rings. The van der Waals surface area contributed by atoms with Crippen LogP contribution in [0.5, 0.6) is 0 Å². The van der Waals surface area contributed by atoms with E-state index < -0.39 is 0 Å². The molecule has 0 aliphatic heterocycles. The first-order chi connectivity index (χ1) is 6.90. The Morgan fingerprint density at radius 3 is 2.71 bits per heavy atom. The first kappa shape index (κ1) is 7.97. The molecule has 1 aliphatic carbocycles. The molecule has 2 heteroatoms. The Labute approximate surface area is 81.7 Å². The molecular weight excluding hydrogens is 176 g/mol. The second-order valence-electron chi connectivity index (χ2n) is 3.66. The van der Waals surface area contributed by atoms with E-state index in [1.807, 2.05) is 18.2 Å². The van der Waals surface area contributed by atoms with Gasteiger partial charge in [-0.05, 0) is 21.9 Å². The van der Waals surface area contributed by atoms with E-state index in [1.54, 1.807) is 0 Å². The number of hydrogen-bond donors (Lipinski definition) is 1. The molecule has 0 spiro atoms. The van der Waals surface area contributed by atoms with Gasteiger partial charge < -0.3 is 0 Å². The summed E-state index contributed by atoms with van der Waals surface area (Å²) in [5.41, 5.74) is 2.36. The highest BCUT2D eigenvalue weighted by molar-refractivity contribution is 5.91. The molecule has 1 atom stereocenters. The van der Waals surface area contributed by atoms with E-state index in [0.29, 0.717) is 0 Å². The zero-order chi connectivity index (χ0) is 9.54. The quantitative estimate of drug-likeness (QED) is 0.548. The van der Waals surface area contributed by atoms with Crippen molar-refractivity contribution in [2.24, 2.45) is 0 Å². The first-order valence-corrected chi connectivity index (χ1v) is 4.71. The van der Waals surface area contributed by atoms with Crippen molar-refractivity contribution in [3.63, 3.8) is 0 Å². The third-order valence-electron chi connectivity index (χ3n) is 2.90. The van der Waals surface area contributed by atoms with E-state index in [9.17, 15) is 0 Å². The molecule has 0 amide bonds. The first-order valence-electron chi connectivity index (χ1n) is 4.71. The van der Waals surface area contributed by atoms with Crippen LogP contribution in [0.1, 0.15) is 17.2 Å². The number of hydrogen-bond acceptors (Lipinski definition) is 2. The summed E-state index contributed by atoms with van der Waals surface area (Å²) in [6.45, 7) is 0. The monoisotopic (exact) mass is 186 g/mol. The topological polar surface area (TPSA) is 29.5 Å². The lowest BCUT2D eigenvalue weighted by Crippen LogP contribution is -1.98. The van der Waals surface area contributed by atoms with E-state index >= 15 is 0 Å². The van der Waals surface area contributed by atoms with Crippen molar-refractivity contribution in [2.75, 3.05) is 0 Å². The van der Waals surface area contributed by atoms with Crippen LogP contribution in [0.3, 0.4) is 0 Å². The van der Waals surface area contributed by atoms with Crippen LogP contribution >= 0.6 is 0 Å². The minimum absolute atomic E-state index is 0.184. The van der Waals surface area contributed by atoms with Crippen LogP contribution < -0.4 is 0 Å². The molecule has 2 nitrogen and oxygen atoms in total. The smallest absolute Gasteiger partial charge is 0.122 e. The van der Waals surface area contributed by atoms with Gasteiger partial charge in [0.2, 0.25) is 0 Å².